The van der Waals surface area contributed by atoms with Crippen LogP contribution in [0.25, 0.3) is 109 Å². The highest BCUT2D eigenvalue weighted by Crippen LogP contribution is 2.67. The van der Waals surface area contributed by atoms with E-state index in [0.29, 0.717) is 0 Å². The lowest BCUT2D eigenvalue weighted by molar-refractivity contribution is 0.0965. The van der Waals surface area contributed by atoms with Crippen molar-refractivity contribution in [2.75, 3.05) is 0 Å². The fraction of sp³-hybridized carbons (Fsp3) is 0.143. The van der Waals surface area contributed by atoms with Gasteiger partial charge < -0.3 is 0 Å². The third-order valence-corrected chi connectivity index (χ3v) is 14.7. The van der Waals surface area contributed by atoms with Crippen molar-refractivity contribution in [1.29, 1.82) is 0 Å². The molecule has 1 aliphatic rings. The highest BCUT2D eigenvalue weighted by molar-refractivity contribution is 6.24. The second-order valence-electron chi connectivity index (χ2n) is 20.0. The predicted octanol–water partition coefficient (Wildman–Crippen LogP) is 18.0. The van der Waals surface area contributed by atoms with Gasteiger partial charge in [0.25, 0.3) is 0 Å². The molecule has 302 valence electrons. The summed E-state index contributed by atoms with van der Waals surface area (Å²) in [6.45, 7) is 14.8. The molecule has 0 amide bonds. The summed E-state index contributed by atoms with van der Waals surface area (Å²) in [7, 11) is 0. The number of hydrogen-bond donors (Lipinski definition) is 0. The molecule has 0 saturated heterocycles. The molecule has 0 heterocycles. The van der Waals surface area contributed by atoms with Crippen molar-refractivity contribution in [3.05, 3.63) is 205 Å². The van der Waals surface area contributed by atoms with Crippen LogP contribution in [0.5, 0.6) is 0 Å². The maximum atomic E-state index is 2.53. The Hall–Kier alpha value is -7.02. The molecule has 0 atom stereocenters. The van der Waals surface area contributed by atoms with Crippen LogP contribution in [0, 0.1) is 10.8 Å². The van der Waals surface area contributed by atoms with Gasteiger partial charge in [-0.05, 0) is 149 Å². The molecule has 1 aliphatic carbocycles. The normalized spacial score (nSPS) is 13.7. The molecule has 0 aliphatic heterocycles. The molecule has 0 nitrogen and oxygen atoms in total. The topological polar surface area (TPSA) is 0 Å². The molecule has 0 fully saturated rings. The van der Waals surface area contributed by atoms with Crippen LogP contribution in [0.1, 0.15) is 52.7 Å². The zero-order valence-electron chi connectivity index (χ0n) is 37.0. The molecular weight excluding hydrogens is 757 g/mol. The van der Waals surface area contributed by atoms with E-state index in [0.717, 1.165) is 0 Å². The maximum Gasteiger partial charge on any atom is 0.0318 e. The minimum Gasteiger partial charge on any atom is -0.0616 e. The Morgan fingerprint density at radius 1 is 0.286 bits per heavy atom. The summed E-state index contributed by atoms with van der Waals surface area (Å²) in [5.74, 6) is 0. The van der Waals surface area contributed by atoms with Crippen molar-refractivity contribution < 1.29 is 0 Å². The Morgan fingerprint density at radius 3 is 1.32 bits per heavy atom. The molecule has 11 aromatic carbocycles. The standard InChI is InChI=1S/C63H50/c1-61(2,3)63(62(4,5)6)56-38-43-20-8-7-19-42(43)36-55(56)59-48-24-12-11-23-47(48)54-37-44(34-35-53(54)60(59)63)58-51-27-15-13-25-49(51)57(50-26-14-16-28-52(50)58)41-32-30-40(31-33-41)46-29-17-21-39-18-9-10-22-45(39)46/h7-38H,1-6H3. The second kappa shape index (κ2) is 13.5. The monoisotopic (exact) mass is 806 g/mol. The average Bonchev–Trinajstić information content (AvgIpc) is 3.62. The minimum atomic E-state index is -0.275. The largest absolute Gasteiger partial charge is 0.0616 e. The van der Waals surface area contributed by atoms with Crippen LogP contribution in [0.15, 0.2) is 194 Å². The van der Waals surface area contributed by atoms with Crippen LogP contribution >= 0.6 is 0 Å². The molecule has 0 unspecified atom stereocenters. The van der Waals surface area contributed by atoms with E-state index in [1.807, 2.05) is 0 Å². The highest BCUT2D eigenvalue weighted by Gasteiger charge is 2.58. The van der Waals surface area contributed by atoms with Gasteiger partial charge in [-0.15, -0.1) is 0 Å². The third-order valence-electron chi connectivity index (χ3n) is 14.7. The summed E-state index contributed by atoms with van der Waals surface area (Å²) in [6, 6.07) is 73.3. The fourth-order valence-corrected chi connectivity index (χ4v) is 12.6. The van der Waals surface area contributed by atoms with E-state index in [-0.39, 0.29) is 16.2 Å². The third kappa shape index (κ3) is 5.28. The SMILES string of the molecule is CC(C)(C)C1(C(C)(C)C)c2cc3ccccc3cc2-c2c1c1ccc(-c3c4ccccc4c(-c4ccc(-c5cccc6ccccc56)cc4)c4ccccc34)cc1c1ccccc21. The maximum absolute atomic E-state index is 2.53. The van der Waals surface area contributed by atoms with Crippen molar-refractivity contribution in [2.24, 2.45) is 10.8 Å². The molecule has 0 aromatic heterocycles. The first-order valence-electron chi connectivity index (χ1n) is 22.6. The van der Waals surface area contributed by atoms with E-state index in [2.05, 4.69) is 236 Å². The predicted molar refractivity (Wildman–Crippen MR) is 273 cm³/mol. The summed E-state index contributed by atoms with van der Waals surface area (Å²) >= 11 is 0. The van der Waals surface area contributed by atoms with Gasteiger partial charge in [0.05, 0.1) is 0 Å². The average molecular weight is 807 g/mol. The molecule has 0 spiro atoms. The Balaban J connectivity index is 1.12. The number of rotatable bonds is 3. The lowest BCUT2D eigenvalue weighted by atomic mass is 9.49. The summed E-state index contributed by atoms with van der Waals surface area (Å²) in [5.41, 5.74) is 12.8. The quantitative estimate of drug-likeness (QED) is 0.123. The first-order valence-corrected chi connectivity index (χ1v) is 22.6. The summed E-state index contributed by atoms with van der Waals surface area (Å²) < 4.78 is 0. The van der Waals surface area contributed by atoms with E-state index in [1.54, 1.807) is 0 Å². The smallest absolute Gasteiger partial charge is 0.0318 e. The first kappa shape index (κ1) is 37.7. The van der Waals surface area contributed by atoms with E-state index in [9.17, 15) is 0 Å². The Kier molecular flexibility index (Phi) is 8.08. The molecule has 0 bridgehead atoms. The lowest BCUT2D eigenvalue weighted by Gasteiger charge is -2.53. The van der Waals surface area contributed by atoms with Crippen molar-refractivity contribution in [2.45, 2.75) is 47.0 Å². The van der Waals surface area contributed by atoms with Crippen LogP contribution in [-0.2, 0) is 5.41 Å². The number of fused-ring (bicyclic) bond motifs is 12. The van der Waals surface area contributed by atoms with Crippen LogP contribution in [0.4, 0.5) is 0 Å². The van der Waals surface area contributed by atoms with Gasteiger partial charge in [0.1, 0.15) is 0 Å². The molecule has 12 rings (SSSR count). The Morgan fingerprint density at radius 2 is 0.730 bits per heavy atom. The fourth-order valence-electron chi connectivity index (χ4n) is 12.6. The molecule has 0 N–H and O–H groups in total. The van der Waals surface area contributed by atoms with Crippen LogP contribution in [0.3, 0.4) is 0 Å². The molecule has 0 heteroatoms. The summed E-state index contributed by atoms with van der Waals surface area (Å²) in [4.78, 5) is 0. The molecule has 63 heavy (non-hydrogen) atoms. The van der Waals surface area contributed by atoms with E-state index in [1.165, 1.54) is 120 Å². The van der Waals surface area contributed by atoms with Crippen LogP contribution < -0.4 is 0 Å². The lowest BCUT2D eigenvalue weighted by Crippen LogP contribution is -2.50. The van der Waals surface area contributed by atoms with Crippen LogP contribution in [-0.4, -0.2) is 0 Å². The van der Waals surface area contributed by atoms with E-state index < -0.39 is 0 Å². The van der Waals surface area contributed by atoms with Gasteiger partial charge in [-0.3, -0.25) is 0 Å². The van der Waals surface area contributed by atoms with Crippen molar-refractivity contribution in [3.8, 4) is 44.5 Å². The van der Waals surface area contributed by atoms with Gasteiger partial charge >= 0.3 is 0 Å². The molecule has 0 radical (unpaired) electrons. The number of hydrogen-bond acceptors (Lipinski definition) is 0. The molecule has 11 aromatic rings. The Bertz CT molecular complexity index is 3600. The zero-order valence-corrected chi connectivity index (χ0v) is 37.0. The molecular formula is C63H50. The van der Waals surface area contributed by atoms with Gasteiger partial charge in [-0.1, -0.05) is 217 Å². The van der Waals surface area contributed by atoms with Gasteiger partial charge in [0.15, 0.2) is 0 Å². The van der Waals surface area contributed by atoms with Gasteiger partial charge in [0, 0.05) is 5.41 Å². The first-order chi connectivity index (χ1) is 30.5. The van der Waals surface area contributed by atoms with Gasteiger partial charge in [-0.2, -0.15) is 0 Å². The Labute approximate surface area is 370 Å². The van der Waals surface area contributed by atoms with E-state index >= 15 is 0 Å². The van der Waals surface area contributed by atoms with Crippen LogP contribution in [0.2, 0.25) is 0 Å². The number of benzene rings is 11. The van der Waals surface area contributed by atoms with Gasteiger partial charge in [-0.25, -0.2) is 0 Å². The minimum absolute atomic E-state index is 0.100. The summed E-state index contributed by atoms with van der Waals surface area (Å²) in [6.07, 6.45) is 0. The van der Waals surface area contributed by atoms with Gasteiger partial charge in [0.2, 0.25) is 0 Å². The second-order valence-corrected chi connectivity index (χ2v) is 20.0. The van der Waals surface area contributed by atoms with Crippen molar-refractivity contribution >= 4 is 64.6 Å². The zero-order chi connectivity index (χ0) is 42.8. The van der Waals surface area contributed by atoms with Crippen molar-refractivity contribution in [3.63, 3.8) is 0 Å². The van der Waals surface area contributed by atoms with Crippen molar-refractivity contribution in [1.82, 2.24) is 0 Å². The summed E-state index contributed by atoms with van der Waals surface area (Å²) in [5, 5.41) is 15.5. The molecule has 0 saturated carbocycles. The van der Waals surface area contributed by atoms with E-state index in [4.69, 9.17) is 0 Å². The highest BCUT2D eigenvalue weighted by atomic mass is 14.6.